The molecule has 0 fully saturated rings. The minimum atomic E-state index is -1.51. The largest absolute Gasteiger partial charge is 0.477 e. The van der Waals surface area contributed by atoms with Crippen LogP contribution in [0.2, 0.25) is 0 Å². The molecule has 9 nitrogen and oxygen atoms in total. The van der Waals surface area contributed by atoms with Crippen molar-refractivity contribution in [2.45, 2.75) is 399 Å². The predicted molar refractivity (Wildman–Crippen MR) is 383 cm³/mol. The predicted octanol–water partition coefficient (Wildman–Crippen LogP) is 24.5. The summed E-state index contributed by atoms with van der Waals surface area (Å²) >= 11 is 0. The highest BCUT2D eigenvalue weighted by atomic mass is 16.7. The molecule has 0 heterocycles. The molecule has 1 N–H and O–H groups in total. The first-order chi connectivity index (χ1) is 43.6. The summed E-state index contributed by atoms with van der Waals surface area (Å²) in [5.41, 5.74) is 0. The molecule has 89 heavy (non-hydrogen) atoms. The van der Waals surface area contributed by atoms with Crippen molar-refractivity contribution in [2.24, 2.45) is 0 Å². The summed E-state index contributed by atoms with van der Waals surface area (Å²) in [6, 6.07) is 0. The standard InChI is InChI=1S/C80H149NO8/c1-6-8-10-12-14-16-18-20-22-24-26-28-30-32-34-36-38-39-41-43-45-47-49-51-53-55-57-59-61-63-65-67-69-71-78(83)89-76(75-88-80(79(84)85)86-73-72-81(3,4)5)74-87-77(82)70-68-66-64-62-60-58-56-54-52-50-48-46-44-42-40-37-35-33-31-29-27-25-23-21-19-17-15-13-11-9-7-2/h18,20,24-27,30,32,76,80H,6-17,19,21-23,28-29,31,33-75H2,1-5H3/p+1/b20-18-,26-24-,27-25-,32-30-. The number of quaternary nitrogens is 1. The fraction of sp³-hybridized carbons (Fsp3) is 0.863. The normalized spacial score (nSPS) is 12.9. The van der Waals surface area contributed by atoms with E-state index in [1.807, 2.05) is 21.1 Å². The van der Waals surface area contributed by atoms with Gasteiger partial charge in [0.15, 0.2) is 6.10 Å². The number of nitrogens with zero attached hydrogens (tertiary/aromatic N) is 1. The molecule has 522 valence electrons. The van der Waals surface area contributed by atoms with Crippen molar-refractivity contribution < 1.29 is 42.9 Å². The molecule has 0 aliphatic rings. The number of carbonyl (C=O) groups excluding carboxylic acids is 2. The Morgan fingerprint density at radius 3 is 0.910 bits per heavy atom. The summed E-state index contributed by atoms with van der Waals surface area (Å²) < 4.78 is 23.1. The van der Waals surface area contributed by atoms with Crippen LogP contribution < -0.4 is 0 Å². The molecule has 9 heteroatoms. The molecule has 0 saturated carbocycles. The van der Waals surface area contributed by atoms with Gasteiger partial charge in [-0.1, -0.05) is 345 Å². The van der Waals surface area contributed by atoms with Crippen molar-refractivity contribution in [1.29, 1.82) is 0 Å². The molecule has 0 bridgehead atoms. The van der Waals surface area contributed by atoms with Gasteiger partial charge in [0.2, 0.25) is 0 Å². The zero-order valence-electron chi connectivity index (χ0n) is 59.9. The van der Waals surface area contributed by atoms with E-state index in [2.05, 4.69) is 62.5 Å². The number of esters is 2. The Morgan fingerprint density at radius 2 is 0.607 bits per heavy atom. The summed E-state index contributed by atoms with van der Waals surface area (Å²) in [5.74, 6) is -1.98. The van der Waals surface area contributed by atoms with Crippen LogP contribution in [-0.4, -0.2) is 87.4 Å². The molecule has 2 atom stereocenters. The van der Waals surface area contributed by atoms with Gasteiger partial charge in [-0.3, -0.25) is 9.59 Å². The molecule has 0 rings (SSSR count). The van der Waals surface area contributed by atoms with Crippen LogP contribution in [0.25, 0.3) is 0 Å². The fourth-order valence-electron chi connectivity index (χ4n) is 11.6. The van der Waals surface area contributed by atoms with Crippen LogP contribution in [0.15, 0.2) is 48.6 Å². The Labute approximate surface area is 553 Å². The maximum atomic E-state index is 13.0. The Balaban J connectivity index is 4.01. The van der Waals surface area contributed by atoms with E-state index in [9.17, 15) is 19.5 Å². The first-order valence-corrected chi connectivity index (χ1v) is 38.8. The zero-order valence-corrected chi connectivity index (χ0v) is 59.9. The SMILES string of the molecule is CCCCCCC/C=C\C/C=C\C/C=C\CCCCCCCCCCCCCCCCCCCCC(=O)OC(COC(=O)CCCCCCCCCCCCCCCCCCCCC/C=C\CCCCCCCCCC)COC(OCC[N+](C)(C)C)C(=O)O. The van der Waals surface area contributed by atoms with Crippen LogP contribution in [0.1, 0.15) is 386 Å². The summed E-state index contributed by atoms with van der Waals surface area (Å²) in [7, 11) is 5.99. The lowest BCUT2D eigenvalue weighted by Crippen LogP contribution is -2.40. The van der Waals surface area contributed by atoms with Gasteiger partial charge in [-0.15, -0.1) is 0 Å². The van der Waals surface area contributed by atoms with Crippen molar-refractivity contribution in [2.75, 3.05) is 47.5 Å². The highest BCUT2D eigenvalue weighted by Gasteiger charge is 2.25. The van der Waals surface area contributed by atoms with Crippen LogP contribution in [-0.2, 0) is 33.3 Å². The van der Waals surface area contributed by atoms with Gasteiger partial charge < -0.3 is 28.5 Å². The smallest absolute Gasteiger partial charge is 0.361 e. The number of hydrogen-bond acceptors (Lipinski definition) is 7. The van der Waals surface area contributed by atoms with E-state index >= 15 is 0 Å². The van der Waals surface area contributed by atoms with Crippen LogP contribution in [0.3, 0.4) is 0 Å². The Kier molecular flexibility index (Phi) is 68.9. The van der Waals surface area contributed by atoms with Crippen LogP contribution in [0.4, 0.5) is 0 Å². The number of carboxylic acid groups (broad SMARTS) is 1. The second-order valence-corrected chi connectivity index (χ2v) is 27.7. The van der Waals surface area contributed by atoms with Crippen molar-refractivity contribution in [3.63, 3.8) is 0 Å². The molecular formula is C80H150NO8+. The molecule has 0 saturated heterocycles. The molecule has 0 aromatic carbocycles. The topological polar surface area (TPSA) is 108 Å². The average molecular weight is 1250 g/mol. The van der Waals surface area contributed by atoms with Crippen LogP contribution in [0.5, 0.6) is 0 Å². The van der Waals surface area contributed by atoms with E-state index < -0.39 is 18.4 Å². The number of carboxylic acids is 1. The first-order valence-electron chi connectivity index (χ1n) is 38.8. The highest BCUT2D eigenvalue weighted by molar-refractivity contribution is 5.71. The van der Waals surface area contributed by atoms with Crippen molar-refractivity contribution in [3.8, 4) is 0 Å². The Bertz CT molecular complexity index is 1600. The second-order valence-electron chi connectivity index (χ2n) is 27.7. The van der Waals surface area contributed by atoms with E-state index in [-0.39, 0.29) is 38.2 Å². The third-order valence-electron chi connectivity index (χ3n) is 17.6. The molecule has 0 amide bonds. The molecule has 0 radical (unpaired) electrons. The third-order valence-corrected chi connectivity index (χ3v) is 17.6. The fourth-order valence-corrected chi connectivity index (χ4v) is 11.6. The van der Waals surface area contributed by atoms with E-state index in [0.717, 1.165) is 51.4 Å². The first kappa shape index (κ1) is 86.2. The highest BCUT2D eigenvalue weighted by Crippen LogP contribution is 2.19. The van der Waals surface area contributed by atoms with Gasteiger partial charge in [0.1, 0.15) is 13.2 Å². The van der Waals surface area contributed by atoms with Crippen LogP contribution in [0, 0.1) is 0 Å². The number of hydrogen-bond donors (Lipinski definition) is 1. The van der Waals surface area contributed by atoms with E-state index in [1.54, 1.807) is 0 Å². The lowest BCUT2D eigenvalue weighted by molar-refractivity contribution is -0.870. The molecule has 0 aromatic rings. The minimum Gasteiger partial charge on any atom is -0.477 e. The lowest BCUT2D eigenvalue weighted by Gasteiger charge is -2.25. The van der Waals surface area contributed by atoms with Gasteiger partial charge in [-0.2, -0.15) is 0 Å². The van der Waals surface area contributed by atoms with Gasteiger partial charge in [-0.05, 0) is 77.0 Å². The maximum Gasteiger partial charge on any atom is 0.361 e. The molecule has 0 aliphatic carbocycles. The maximum absolute atomic E-state index is 13.0. The van der Waals surface area contributed by atoms with Crippen molar-refractivity contribution in [1.82, 2.24) is 0 Å². The summed E-state index contributed by atoms with van der Waals surface area (Å²) in [5, 5.41) is 9.77. The third kappa shape index (κ3) is 72.5. The van der Waals surface area contributed by atoms with E-state index in [4.69, 9.17) is 18.9 Å². The van der Waals surface area contributed by atoms with Crippen LogP contribution >= 0.6 is 0 Å². The molecule has 0 aliphatic heterocycles. The van der Waals surface area contributed by atoms with Crippen molar-refractivity contribution >= 4 is 17.9 Å². The van der Waals surface area contributed by atoms with Crippen molar-refractivity contribution in [3.05, 3.63) is 48.6 Å². The zero-order chi connectivity index (χ0) is 64.7. The summed E-state index contributed by atoms with van der Waals surface area (Å²) in [4.78, 5) is 37.7. The number of rotatable bonds is 73. The summed E-state index contributed by atoms with van der Waals surface area (Å²) in [6.07, 6.45) is 89.7. The van der Waals surface area contributed by atoms with Gasteiger partial charge in [0.05, 0.1) is 34.4 Å². The van der Waals surface area contributed by atoms with E-state index in [0.29, 0.717) is 17.4 Å². The number of likely N-dealkylation sites (N-methyl/N-ethyl adjacent to an activating group) is 1. The number of carbonyl (C=O) groups is 3. The van der Waals surface area contributed by atoms with Gasteiger partial charge in [0, 0.05) is 12.8 Å². The quantitative estimate of drug-likeness (QED) is 0.0211. The molecule has 0 spiro atoms. The molecule has 2 unspecified atom stereocenters. The minimum absolute atomic E-state index is 0.177. The monoisotopic (exact) mass is 1250 g/mol. The number of aliphatic carboxylic acids is 1. The van der Waals surface area contributed by atoms with E-state index in [1.165, 1.54) is 308 Å². The number of ether oxygens (including phenoxy) is 4. The molecule has 0 aromatic heterocycles. The second kappa shape index (κ2) is 71.1. The number of unbranched alkanes of at least 4 members (excludes halogenated alkanes) is 50. The van der Waals surface area contributed by atoms with Gasteiger partial charge in [-0.25, -0.2) is 4.79 Å². The Hall–Kier alpha value is -2.75. The lowest BCUT2D eigenvalue weighted by atomic mass is 10.0. The van der Waals surface area contributed by atoms with Gasteiger partial charge >= 0.3 is 17.9 Å². The van der Waals surface area contributed by atoms with Gasteiger partial charge in [0.25, 0.3) is 6.29 Å². The summed E-state index contributed by atoms with van der Waals surface area (Å²) in [6.45, 7) is 4.93. The molecular weight excluding hydrogens is 1100 g/mol. The number of allylic oxidation sites excluding steroid dienone is 8. The average Bonchev–Trinajstić information content (AvgIpc) is 3.64. The Morgan fingerprint density at radius 1 is 0.337 bits per heavy atom.